The second-order valence-electron chi connectivity index (χ2n) is 3.62. The second-order valence-corrected chi connectivity index (χ2v) is 3.62. The third-order valence-corrected chi connectivity index (χ3v) is 2.57. The van der Waals surface area contributed by atoms with E-state index in [-0.39, 0.29) is 18.4 Å². The first-order chi connectivity index (χ1) is 6.33. The van der Waals surface area contributed by atoms with E-state index in [4.69, 9.17) is 0 Å². The standard InChI is InChI=1S/C10H19NO2.ClH/c1-13-10(12)7-4-6-9-5-2-3-8-11-9;/h9,11H,2-8H2,1H3;1H. The SMILES string of the molecule is COC(=O)CCCC1CCCCN1.Cl. The third kappa shape index (κ3) is 5.45. The molecular formula is C10H20ClNO2. The quantitative estimate of drug-likeness (QED) is 0.737. The molecule has 1 heterocycles. The van der Waals surface area contributed by atoms with Crippen LogP contribution in [0.3, 0.4) is 0 Å². The largest absolute Gasteiger partial charge is 0.469 e. The van der Waals surface area contributed by atoms with E-state index in [9.17, 15) is 4.79 Å². The first kappa shape index (κ1) is 13.7. The number of nitrogens with one attached hydrogen (secondary N) is 1. The van der Waals surface area contributed by atoms with E-state index in [2.05, 4.69) is 10.1 Å². The minimum atomic E-state index is -0.0872. The lowest BCUT2D eigenvalue weighted by Crippen LogP contribution is -2.33. The van der Waals surface area contributed by atoms with Crippen molar-refractivity contribution in [1.29, 1.82) is 0 Å². The minimum absolute atomic E-state index is 0. The van der Waals surface area contributed by atoms with Crippen molar-refractivity contribution in [3.8, 4) is 0 Å². The normalized spacial score (nSPS) is 21.1. The van der Waals surface area contributed by atoms with Crippen LogP contribution in [0.15, 0.2) is 0 Å². The van der Waals surface area contributed by atoms with Crippen molar-refractivity contribution >= 4 is 18.4 Å². The molecule has 1 atom stereocenters. The van der Waals surface area contributed by atoms with Crippen molar-refractivity contribution in [3.05, 3.63) is 0 Å². The summed E-state index contributed by atoms with van der Waals surface area (Å²) in [5, 5.41) is 3.46. The fraction of sp³-hybridized carbons (Fsp3) is 0.900. The van der Waals surface area contributed by atoms with Crippen LogP contribution in [0, 0.1) is 0 Å². The Morgan fingerprint density at radius 3 is 2.86 bits per heavy atom. The van der Waals surface area contributed by atoms with Gasteiger partial charge < -0.3 is 10.1 Å². The van der Waals surface area contributed by atoms with Gasteiger partial charge in [0.15, 0.2) is 0 Å². The van der Waals surface area contributed by atoms with Gasteiger partial charge in [0.1, 0.15) is 0 Å². The molecule has 0 aromatic rings. The van der Waals surface area contributed by atoms with E-state index in [1.165, 1.54) is 26.4 Å². The highest BCUT2D eigenvalue weighted by Gasteiger charge is 2.12. The number of ether oxygens (including phenoxy) is 1. The van der Waals surface area contributed by atoms with E-state index in [1.54, 1.807) is 0 Å². The summed E-state index contributed by atoms with van der Waals surface area (Å²) < 4.78 is 4.58. The summed E-state index contributed by atoms with van der Waals surface area (Å²) in [6, 6.07) is 0.637. The van der Waals surface area contributed by atoms with E-state index in [1.807, 2.05) is 0 Å². The van der Waals surface area contributed by atoms with Crippen LogP contribution in [0.1, 0.15) is 38.5 Å². The van der Waals surface area contributed by atoms with E-state index in [0.29, 0.717) is 12.5 Å². The van der Waals surface area contributed by atoms with Gasteiger partial charge in [0.05, 0.1) is 7.11 Å². The van der Waals surface area contributed by atoms with Crippen molar-refractivity contribution in [2.45, 2.75) is 44.6 Å². The predicted octanol–water partition coefficient (Wildman–Crippen LogP) is 1.89. The maximum Gasteiger partial charge on any atom is 0.305 e. The van der Waals surface area contributed by atoms with Crippen LogP contribution in [-0.2, 0) is 9.53 Å². The van der Waals surface area contributed by atoms with Crippen molar-refractivity contribution in [1.82, 2.24) is 5.32 Å². The first-order valence-corrected chi connectivity index (χ1v) is 5.13. The van der Waals surface area contributed by atoms with E-state index in [0.717, 1.165) is 19.4 Å². The van der Waals surface area contributed by atoms with Crippen molar-refractivity contribution in [2.24, 2.45) is 0 Å². The topological polar surface area (TPSA) is 38.3 Å². The molecule has 1 unspecified atom stereocenters. The Hall–Kier alpha value is -0.280. The van der Waals surface area contributed by atoms with Crippen LogP contribution >= 0.6 is 12.4 Å². The third-order valence-electron chi connectivity index (χ3n) is 2.57. The van der Waals surface area contributed by atoms with Crippen LogP contribution in [-0.4, -0.2) is 25.7 Å². The summed E-state index contributed by atoms with van der Waals surface area (Å²) in [4.78, 5) is 10.8. The lowest BCUT2D eigenvalue weighted by atomic mass is 10.00. The maximum absolute atomic E-state index is 10.8. The van der Waals surface area contributed by atoms with Crippen molar-refractivity contribution in [2.75, 3.05) is 13.7 Å². The number of piperidine rings is 1. The Kier molecular flexibility index (Phi) is 7.90. The van der Waals surface area contributed by atoms with Gasteiger partial charge in [-0.05, 0) is 32.2 Å². The summed E-state index contributed by atoms with van der Waals surface area (Å²) in [5.74, 6) is -0.0872. The molecule has 0 aliphatic carbocycles. The van der Waals surface area contributed by atoms with Crippen molar-refractivity contribution < 1.29 is 9.53 Å². The Morgan fingerprint density at radius 1 is 1.50 bits per heavy atom. The van der Waals surface area contributed by atoms with Gasteiger partial charge in [-0.1, -0.05) is 6.42 Å². The molecule has 1 fully saturated rings. The Labute approximate surface area is 92.0 Å². The second kappa shape index (κ2) is 8.06. The van der Waals surface area contributed by atoms with E-state index >= 15 is 0 Å². The predicted molar refractivity (Wildman–Crippen MR) is 58.8 cm³/mol. The summed E-state index contributed by atoms with van der Waals surface area (Å²) in [6.45, 7) is 1.14. The molecule has 1 N–H and O–H groups in total. The number of hydrogen-bond acceptors (Lipinski definition) is 3. The summed E-state index contributed by atoms with van der Waals surface area (Å²) in [7, 11) is 1.45. The number of hydrogen-bond donors (Lipinski definition) is 1. The monoisotopic (exact) mass is 221 g/mol. The fourth-order valence-electron chi connectivity index (χ4n) is 1.77. The smallest absolute Gasteiger partial charge is 0.305 e. The van der Waals surface area contributed by atoms with Gasteiger partial charge in [-0.15, -0.1) is 12.4 Å². The molecule has 14 heavy (non-hydrogen) atoms. The average Bonchev–Trinajstić information content (AvgIpc) is 2.19. The zero-order valence-electron chi connectivity index (χ0n) is 8.75. The molecule has 0 aromatic carbocycles. The molecule has 0 bridgehead atoms. The number of rotatable bonds is 4. The number of carbonyl (C=O) groups excluding carboxylic acids is 1. The highest BCUT2D eigenvalue weighted by molar-refractivity contribution is 5.85. The summed E-state index contributed by atoms with van der Waals surface area (Å²) in [5.41, 5.74) is 0. The molecular weight excluding hydrogens is 202 g/mol. The number of carbonyl (C=O) groups is 1. The summed E-state index contributed by atoms with van der Waals surface area (Å²) >= 11 is 0. The lowest BCUT2D eigenvalue weighted by Gasteiger charge is -2.22. The molecule has 1 rings (SSSR count). The highest BCUT2D eigenvalue weighted by Crippen LogP contribution is 2.12. The number of methoxy groups -OCH3 is 1. The highest BCUT2D eigenvalue weighted by atomic mass is 35.5. The molecule has 3 nitrogen and oxygen atoms in total. The molecule has 0 aromatic heterocycles. The fourth-order valence-corrected chi connectivity index (χ4v) is 1.77. The molecule has 0 saturated carbocycles. The van der Waals surface area contributed by atoms with E-state index < -0.39 is 0 Å². The van der Waals surface area contributed by atoms with Gasteiger partial charge in [0.2, 0.25) is 0 Å². The molecule has 0 radical (unpaired) electrons. The lowest BCUT2D eigenvalue weighted by molar-refractivity contribution is -0.140. The van der Waals surface area contributed by atoms with Crippen LogP contribution < -0.4 is 5.32 Å². The molecule has 84 valence electrons. The molecule has 4 heteroatoms. The van der Waals surface area contributed by atoms with Crippen LogP contribution in [0.4, 0.5) is 0 Å². The Morgan fingerprint density at radius 2 is 2.29 bits per heavy atom. The zero-order valence-corrected chi connectivity index (χ0v) is 9.57. The number of halogens is 1. The minimum Gasteiger partial charge on any atom is -0.469 e. The van der Waals surface area contributed by atoms with Gasteiger partial charge in [-0.3, -0.25) is 4.79 Å². The van der Waals surface area contributed by atoms with Crippen LogP contribution in [0.25, 0.3) is 0 Å². The van der Waals surface area contributed by atoms with Gasteiger partial charge in [0, 0.05) is 12.5 Å². The molecule has 1 aliphatic heterocycles. The van der Waals surface area contributed by atoms with Gasteiger partial charge in [0.25, 0.3) is 0 Å². The van der Waals surface area contributed by atoms with Crippen LogP contribution in [0.5, 0.6) is 0 Å². The molecule has 1 saturated heterocycles. The number of esters is 1. The molecule has 1 aliphatic rings. The van der Waals surface area contributed by atoms with Crippen LogP contribution in [0.2, 0.25) is 0 Å². The zero-order chi connectivity index (χ0) is 9.52. The Balaban J connectivity index is 0.00000169. The Bertz CT molecular complexity index is 158. The molecule has 0 amide bonds. The average molecular weight is 222 g/mol. The van der Waals surface area contributed by atoms with Gasteiger partial charge in [-0.2, -0.15) is 0 Å². The van der Waals surface area contributed by atoms with Gasteiger partial charge in [-0.25, -0.2) is 0 Å². The summed E-state index contributed by atoms with van der Waals surface area (Å²) in [6.07, 6.45) is 6.51. The first-order valence-electron chi connectivity index (χ1n) is 5.13. The maximum atomic E-state index is 10.8. The molecule has 0 spiro atoms. The van der Waals surface area contributed by atoms with Crippen molar-refractivity contribution in [3.63, 3.8) is 0 Å². The van der Waals surface area contributed by atoms with Gasteiger partial charge >= 0.3 is 5.97 Å².